The lowest BCUT2D eigenvalue weighted by Crippen LogP contribution is -2.41. The van der Waals surface area contributed by atoms with Crippen molar-refractivity contribution < 1.29 is 4.79 Å². The molecule has 1 aromatic rings. The van der Waals surface area contributed by atoms with Gasteiger partial charge in [0, 0.05) is 26.7 Å². The molecule has 1 saturated carbocycles. The number of aromatic nitrogens is 2. The van der Waals surface area contributed by atoms with Crippen LogP contribution in [0, 0.1) is 5.92 Å². The number of nitrogens with one attached hydrogen (secondary N) is 2. The first-order valence-corrected chi connectivity index (χ1v) is 8.52. The lowest BCUT2D eigenvalue weighted by atomic mass is 9.85. The van der Waals surface area contributed by atoms with Crippen molar-refractivity contribution in [3.8, 4) is 0 Å². The van der Waals surface area contributed by atoms with Crippen LogP contribution < -0.4 is 15.5 Å². The van der Waals surface area contributed by atoms with Crippen LogP contribution >= 0.6 is 15.9 Å². The van der Waals surface area contributed by atoms with Gasteiger partial charge in [-0.3, -0.25) is 4.79 Å². The van der Waals surface area contributed by atoms with Gasteiger partial charge in [-0.05, 0) is 59.7 Å². The molecule has 2 N–H and O–H groups in total. The Balaban J connectivity index is 1.72. The van der Waals surface area contributed by atoms with E-state index in [0.29, 0.717) is 18.5 Å². The van der Waals surface area contributed by atoms with Gasteiger partial charge in [-0.25, -0.2) is 0 Å². The van der Waals surface area contributed by atoms with Crippen molar-refractivity contribution in [2.24, 2.45) is 5.92 Å². The van der Waals surface area contributed by atoms with Crippen LogP contribution in [0.3, 0.4) is 0 Å². The predicted octanol–water partition coefficient (Wildman–Crippen LogP) is 1.57. The van der Waals surface area contributed by atoms with E-state index in [4.69, 9.17) is 0 Å². The Bertz CT molecular complexity index is 473. The highest BCUT2D eigenvalue weighted by Gasteiger charge is 2.22. The number of rotatable bonds is 6. The molecular formula is C15H24BrN5O. The predicted molar refractivity (Wildman–Crippen MR) is 90.8 cm³/mol. The Hall–Kier alpha value is -1.21. The van der Waals surface area contributed by atoms with Crippen LogP contribution in [0.15, 0.2) is 16.7 Å². The molecule has 0 aliphatic heterocycles. The highest BCUT2D eigenvalue weighted by molar-refractivity contribution is 9.10. The van der Waals surface area contributed by atoms with Gasteiger partial charge >= 0.3 is 0 Å². The second-order valence-corrected chi connectivity index (χ2v) is 6.68. The SMILES string of the molecule is CNC(=O)CNC1CCC(CN(C)c2ccc(Br)nn2)CC1. The third-order valence-electron chi connectivity index (χ3n) is 4.22. The molecule has 0 radical (unpaired) electrons. The van der Waals surface area contributed by atoms with Crippen LogP contribution in [0.1, 0.15) is 25.7 Å². The summed E-state index contributed by atoms with van der Waals surface area (Å²) in [6.07, 6.45) is 4.61. The standard InChI is InChI=1S/C15H24BrN5O/c1-17-15(22)9-18-12-5-3-11(4-6-12)10-21(2)14-8-7-13(16)19-20-14/h7-8,11-12,18H,3-6,9-10H2,1-2H3,(H,17,22). The molecule has 1 aliphatic carbocycles. The number of carbonyl (C=O) groups is 1. The molecular weight excluding hydrogens is 346 g/mol. The van der Waals surface area contributed by atoms with Crippen molar-refractivity contribution in [2.45, 2.75) is 31.7 Å². The number of carbonyl (C=O) groups excluding carboxylic acids is 1. The highest BCUT2D eigenvalue weighted by atomic mass is 79.9. The molecule has 2 rings (SSSR count). The van der Waals surface area contributed by atoms with Crippen molar-refractivity contribution in [3.63, 3.8) is 0 Å². The maximum atomic E-state index is 11.2. The molecule has 1 aliphatic rings. The topological polar surface area (TPSA) is 70.2 Å². The molecule has 6 nitrogen and oxygen atoms in total. The number of nitrogens with zero attached hydrogens (tertiary/aromatic N) is 3. The molecule has 0 spiro atoms. The molecule has 0 unspecified atom stereocenters. The minimum Gasteiger partial charge on any atom is -0.358 e. The summed E-state index contributed by atoms with van der Waals surface area (Å²) < 4.78 is 0.757. The maximum Gasteiger partial charge on any atom is 0.233 e. The summed E-state index contributed by atoms with van der Waals surface area (Å²) >= 11 is 3.30. The van der Waals surface area contributed by atoms with Gasteiger partial charge in [-0.2, -0.15) is 0 Å². The number of halogens is 1. The fourth-order valence-electron chi connectivity index (χ4n) is 2.87. The first kappa shape index (κ1) is 17.1. The van der Waals surface area contributed by atoms with Crippen molar-refractivity contribution >= 4 is 27.7 Å². The van der Waals surface area contributed by atoms with Gasteiger partial charge < -0.3 is 15.5 Å². The van der Waals surface area contributed by atoms with Gasteiger partial charge in [0.15, 0.2) is 5.82 Å². The van der Waals surface area contributed by atoms with E-state index in [0.717, 1.165) is 29.8 Å². The van der Waals surface area contributed by atoms with E-state index in [2.05, 4.69) is 48.7 Å². The van der Waals surface area contributed by atoms with Crippen molar-refractivity contribution in [2.75, 3.05) is 32.1 Å². The zero-order valence-corrected chi connectivity index (χ0v) is 14.8. The first-order valence-electron chi connectivity index (χ1n) is 7.73. The number of anilines is 1. The molecule has 7 heteroatoms. The van der Waals surface area contributed by atoms with Gasteiger partial charge in [0.2, 0.25) is 5.91 Å². The summed E-state index contributed by atoms with van der Waals surface area (Å²) in [7, 11) is 3.73. The summed E-state index contributed by atoms with van der Waals surface area (Å²) in [5.74, 6) is 1.63. The molecule has 0 saturated heterocycles. The molecule has 22 heavy (non-hydrogen) atoms. The van der Waals surface area contributed by atoms with E-state index in [1.807, 2.05) is 12.1 Å². The quantitative estimate of drug-likeness (QED) is 0.796. The monoisotopic (exact) mass is 369 g/mol. The van der Waals surface area contributed by atoms with Crippen LogP contribution in [0.25, 0.3) is 0 Å². The first-order chi connectivity index (χ1) is 10.6. The Morgan fingerprint density at radius 3 is 2.64 bits per heavy atom. The number of hydrogen-bond donors (Lipinski definition) is 2. The minimum absolute atomic E-state index is 0.0515. The zero-order valence-electron chi connectivity index (χ0n) is 13.2. The number of hydrogen-bond acceptors (Lipinski definition) is 5. The fourth-order valence-corrected chi connectivity index (χ4v) is 3.08. The average molecular weight is 370 g/mol. The zero-order chi connectivity index (χ0) is 15.9. The maximum absolute atomic E-state index is 11.2. The third-order valence-corrected chi connectivity index (χ3v) is 4.64. The third kappa shape index (κ3) is 5.21. The van der Waals surface area contributed by atoms with E-state index < -0.39 is 0 Å². The van der Waals surface area contributed by atoms with Gasteiger partial charge in [0.05, 0.1) is 6.54 Å². The van der Waals surface area contributed by atoms with Crippen LogP contribution in [-0.2, 0) is 4.79 Å². The summed E-state index contributed by atoms with van der Waals surface area (Å²) in [5.41, 5.74) is 0. The lowest BCUT2D eigenvalue weighted by molar-refractivity contribution is -0.119. The van der Waals surface area contributed by atoms with Crippen molar-refractivity contribution in [1.29, 1.82) is 0 Å². The molecule has 1 heterocycles. The van der Waals surface area contributed by atoms with Gasteiger partial charge in [0.25, 0.3) is 0 Å². The summed E-state index contributed by atoms with van der Waals surface area (Å²) in [5, 5.41) is 14.2. The Morgan fingerprint density at radius 2 is 2.05 bits per heavy atom. The average Bonchev–Trinajstić information content (AvgIpc) is 2.54. The lowest BCUT2D eigenvalue weighted by Gasteiger charge is -2.31. The van der Waals surface area contributed by atoms with E-state index in [9.17, 15) is 4.79 Å². The van der Waals surface area contributed by atoms with E-state index in [1.165, 1.54) is 12.8 Å². The Kier molecular flexibility index (Phi) is 6.57. The van der Waals surface area contributed by atoms with Crippen LogP contribution in [0.5, 0.6) is 0 Å². The minimum atomic E-state index is 0.0515. The second-order valence-electron chi connectivity index (χ2n) is 5.87. The summed E-state index contributed by atoms with van der Waals surface area (Å²) in [6.45, 7) is 1.42. The summed E-state index contributed by atoms with van der Waals surface area (Å²) in [4.78, 5) is 13.4. The van der Waals surface area contributed by atoms with Crippen LogP contribution in [-0.4, -0.2) is 49.3 Å². The molecule has 1 aromatic heterocycles. The molecule has 1 fully saturated rings. The highest BCUT2D eigenvalue weighted by Crippen LogP contribution is 2.26. The molecule has 0 atom stereocenters. The molecule has 1 amide bonds. The van der Waals surface area contributed by atoms with Crippen molar-refractivity contribution in [3.05, 3.63) is 16.7 Å². The second kappa shape index (κ2) is 8.43. The van der Waals surface area contributed by atoms with Crippen LogP contribution in [0.4, 0.5) is 5.82 Å². The molecule has 0 aromatic carbocycles. The normalized spacial score (nSPS) is 21.4. The number of likely N-dealkylation sites (N-methyl/N-ethyl adjacent to an activating group) is 1. The largest absolute Gasteiger partial charge is 0.358 e. The van der Waals surface area contributed by atoms with E-state index in [1.54, 1.807) is 7.05 Å². The Morgan fingerprint density at radius 1 is 1.32 bits per heavy atom. The Labute approximate surface area is 140 Å². The van der Waals surface area contributed by atoms with E-state index >= 15 is 0 Å². The van der Waals surface area contributed by atoms with Crippen molar-refractivity contribution in [1.82, 2.24) is 20.8 Å². The van der Waals surface area contributed by atoms with Gasteiger partial charge in [-0.15, -0.1) is 10.2 Å². The van der Waals surface area contributed by atoms with Crippen LogP contribution in [0.2, 0.25) is 0 Å². The molecule has 0 bridgehead atoms. The molecule has 122 valence electrons. The van der Waals surface area contributed by atoms with Gasteiger partial charge in [0.1, 0.15) is 4.60 Å². The fraction of sp³-hybridized carbons (Fsp3) is 0.667. The summed E-state index contributed by atoms with van der Waals surface area (Å²) in [6, 6.07) is 4.36. The van der Waals surface area contributed by atoms with Gasteiger partial charge in [-0.1, -0.05) is 0 Å². The number of amides is 1. The van der Waals surface area contributed by atoms with E-state index in [-0.39, 0.29) is 5.91 Å². The smallest absolute Gasteiger partial charge is 0.233 e.